The number of para-hydroxylation sites is 1. The molecule has 0 spiro atoms. The zero-order valence-electron chi connectivity index (χ0n) is 12.4. The molecule has 118 valence electrons. The van der Waals surface area contributed by atoms with Crippen molar-refractivity contribution in [3.05, 3.63) is 64.1 Å². The highest BCUT2D eigenvalue weighted by molar-refractivity contribution is 7.13. The predicted octanol–water partition coefficient (Wildman–Crippen LogP) is 4.12. The van der Waals surface area contributed by atoms with Crippen LogP contribution in [0.2, 0.25) is 0 Å². The van der Waals surface area contributed by atoms with Gasteiger partial charge in [0.25, 0.3) is 5.91 Å². The number of hydrazone groups is 1. The Morgan fingerprint density at radius 2 is 2.08 bits per heavy atom. The average Bonchev–Trinajstić information content (AvgIpc) is 3.34. The lowest BCUT2D eigenvalue weighted by Crippen LogP contribution is -2.18. The summed E-state index contributed by atoms with van der Waals surface area (Å²) in [4.78, 5) is 20.9. The zero-order chi connectivity index (χ0) is 16.4. The first-order chi connectivity index (χ1) is 11.8. The molecule has 0 aliphatic rings. The van der Waals surface area contributed by atoms with Gasteiger partial charge in [0.1, 0.15) is 10.7 Å². The van der Waals surface area contributed by atoms with Gasteiger partial charge in [-0.3, -0.25) is 4.79 Å². The summed E-state index contributed by atoms with van der Waals surface area (Å²) in [6.45, 7) is 0. The molecule has 5 nitrogen and oxygen atoms in total. The molecule has 0 saturated carbocycles. The fourth-order valence-corrected chi connectivity index (χ4v) is 3.78. The number of carbonyl (C=O) groups is 1. The zero-order valence-corrected chi connectivity index (χ0v) is 14.0. The van der Waals surface area contributed by atoms with Gasteiger partial charge in [-0.05, 0) is 17.5 Å². The lowest BCUT2D eigenvalue weighted by Gasteiger charge is -2.01. The molecule has 4 aromatic rings. The Balaban J connectivity index is 1.70. The third-order valence-electron chi connectivity index (χ3n) is 3.49. The number of aromatic nitrogens is 2. The van der Waals surface area contributed by atoms with Crippen LogP contribution in [0.3, 0.4) is 0 Å². The normalized spacial score (nSPS) is 11.3. The van der Waals surface area contributed by atoms with Crippen LogP contribution in [0.1, 0.15) is 15.5 Å². The molecule has 0 fully saturated rings. The van der Waals surface area contributed by atoms with Crippen LogP contribution >= 0.6 is 22.7 Å². The summed E-state index contributed by atoms with van der Waals surface area (Å²) in [5.74, 6) is -0.276. The van der Waals surface area contributed by atoms with E-state index in [4.69, 9.17) is 0 Å². The summed E-state index contributed by atoms with van der Waals surface area (Å²) in [5, 5.41) is 9.61. The number of H-pyrrole nitrogens is 1. The molecule has 0 aliphatic carbocycles. The van der Waals surface area contributed by atoms with Gasteiger partial charge in [-0.25, -0.2) is 10.4 Å². The number of amides is 1. The molecule has 0 bridgehead atoms. The van der Waals surface area contributed by atoms with Gasteiger partial charge >= 0.3 is 0 Å². The Morgan fingerprint density at radius 1 is 1.17 bits per heavy atom. The van der Waals surface area contributed by atoms with E-state index in [9.17, 15) is 4.79 Å². The van der Waals surface area contributed by atoms with Crippen LogP contribution in [-0.4, -0.2) is 22.1 Å². The smallest absolute Gasteiger partial charge is 0.288 e. The minimum atomic E-state index is -0.276. The third-order valence-corrected chi connectivity index (χ3v) is 5.09. The molecule has 1 aromatic carbocycles. The first kappa shape index (κ1) is 14.8. The van der Waals surface area contributed by atoms with E-state index >= 15 is 0 Å². The van der Waals surface area contributed by atoms with Gasteiger partial charge in [0.2, 0.25) is 0 Å². The van der Waals surface area contributed by atoms with Crippen molar-refractivity contribution in [3.63, 3.8) is 0 Å². The monoisotopic (exact) mass is 352 g/mol. The maximum atomic E-state index is 12.6. The van der Waals surface area contributed by atoms with Crippen LogP contribution in [-0.2, 0) is 0 Å². The molecule has 1 amide bonds. The first-order valence-corrected chi connectivity index (χ1v) is 8.96. The van der Waals surface area contributed by atoms with E-state index in [1.807, 2.05) is 47.2 Å². The lowest BCUT2D eigenvalue weighted by molar-refractivity contribution is 0.0951. The molecular weight excluding hydrogens is 340 g/mol. The van der Waals surface area contributed by atoms with Gasteiger partial charge in [0, 0.05) is 32.9 Å². The Hall–Kier alpha value is -2.77. The van der Waals surface area contributed by atoms with Crippen molar-refractivity contribution in [1.82, 2.24) is 15.4 Å². The summed E-state index contributed by atoms with van der Waals surface area (Å²) < 4.78 is 0. The van der Waals surface area contributed by atoms with Gasteiger partial charge in [0.15, 0.2) is 0 Å². The number of aromatic amines is 1. The van der Waals surface area contributed by atoms with Crippen molar-refractivity contribution < 1.29 is 4.79 Å². The third kappa shape index (κ3) is 2.75. The van der Waals surface area contributed by atoms with Gasteiger partial charge in [-0.1, -0.05) is 24.3 Å². The van der Waals surface area contributed by atoms with Crippen LogP contribution < -0.4 is 5.43 Å². The van der Waals surface area contributed by atoms with Crippen LogP contribution in [0, 0.1) is 0 Å². The van der Waals surface area contributed by atoms with Crippen molar-refractivity contribution in [2.75, 3.05) is 0 Å². The number of thiophene rings is 1. The van der Waals surface area contributed by atoms with E-state index < -0.39 is 0 Å². The summed E-state index contributed by atoms with van der Waals surface area (Å²) in [6.07, 6.45) is 3.23. The quantitative estimate of drug-likeness (QED) is 0.428. The Bertz CT molecular complexity index is 1000. The van der Waals surface area contributed by atoms with Gasteiger partial charge in [-0.15, -0.1) is 22.7 Å². The van der Waals surface area contributed by atoms with Crippen LogP contribution in [0.25, 0.3) is 21.3 Å². The second-order valence-electron chi connectivity index (χ2n) is 4.97. The highest BCUT2D eigenvalue weighted by Crippen LogP contribution is 2.35. The molecule has 24 heavy (non-hydrogen) atoms. The van der Waals surface area contributed by atoms with Crippen molar-refractivity contribution in [2.45, 2.75) is 0 Å². The number of benzene rings is 1. The highest BCUT2D eigenvalue weighted by atomic mass is 32.1. The molecule has 7 heteroatoms. The number of nitrogens with one attached hydrogen (secondary N) is 2. The number of thiazole rings is 1. The van der Waals surface area contributed by atoms with Crippen molar-refractivity contribution in [3.8, 4) is 10.4 Å². The van der Waals surface area contributed by atoms with Crippen LogP contribution in [0.4, 0.5) is 0 Å². The molecule has 0 atom stereocenters. The second-order valence-corrected chi connectivity index (χ2v) is 6.84. The molecule has 2 N–H and O–H groups in total. The van der Waals surface area contributed by atoms with Gasteiger partial charge in [-0.2, -0.15) is 5.10 Å². The molecule has 3 heterocycles. The SMILES string of the molecule is O=C(NN=Cc1nccs1)c1[nH]c2ccccc2c1-c1cccs1. The Morgan fingerprint density at radius 3 is 2.88 bits per heavy atom. The van der Waals surface area contributed by atoms with E-state index in [1.165, 1.54) is 17.6 Å². The van der Waals surface area contributed by atoms with Gasteiger partial charge in [0.05, 0.1) is 6.21 Å². The van der Waals surface area contributed by atoms with Crippen molar-refractivity contribution in [2.24, 2.45) is 5.10 Å². The molecular formula is C17H12N4OS2. The van der Waals surface area contributed by atoms with Crippen LogP contribution in [0.15, 0.2) is 58.5 Å². The fraction of sp³-hybridized carbons (Fsp3) is 0. The Kier molecular flexibility index (Phi) is 3.94. The molecule has 4 rings (SSSR count). The van der Waals surface area contributed by atoms with E-state index in [0.29, 0.717) is 5.69 Å². The number of fused-ring (bicyclic) bond motifs is 1. The average molecular weight is 352 g/mol. The van der Waals surface area contributed by atoms with E-state index in [-0.39, 0.29) is 5.91 Å². The second kappa shape index (κ2) is 6.38. The topological polar surface area (TPSA) is 70.1 Å². The standard InChI is InChI=1S/C17H12N4OS2/c22-17(21-19-10-14-18-7-9-24-14)16-15(13-6-3-8-23-13)11-4-1-2-5-12(11)20-16/h1-10,20H,(H,21,22). The Labute approximate surface area is 145 Å². The molecule has 3 aromatic heterocycles. The predicted molar refractivity (Wildman–Crippen MR) is 98.8 cm³/mol. The minimum absolute atomic E-state index is 0.276. The number of hydrogen-bond acceptors (Lipinski definition) is 5. The number of nitrogens with zero attached hydrogens (tertiary/aromatic N) is 2. The largest absolute Gasteiger partial charge is 0.350 e. The fourth-order valence-electron chi connectivity index (χ4n) is 2.49. The summed E-state index contributed by atoms with van der Waals surface area (Å²) >= 11 is 3.06. The van der Waals surface area contributed by atoms with Gasteiger partial charge < -0.3 is 4.98 Å². The molecule has 0 unspecified atom stereocenters. The van der Waals surface area contributed by atoms with E-state index in [0.717, 1.165) is 26.4 Å². The maximum absolute atomic E-state index is 12.6. The first-order valence-electron chi connectivity index (χ1n) is 7.20. The van der Waals surface area contributed by atoms with Crippen molar-refractivity contribution >= 4 is 45.7 Å². The minimum Gasteiger partial charge on any atom is -0.350 e. The molecule has 0 saturated heterocycles. The van der Waals surface area contributed by atoms with Crippen molar-refractivity contribution in [1.29, 1.82) is 0 Å². The maximum Gasteiger partial charge on any atom is 0.288 e. The van der Waals surface area contributed by atoms with E-state index in [1.54, 1.807) is 17.5 Å². The molecule has 0 radical (unpaired) electrons. The number of hydrogen-bond donors (Lipinski definition) is 2. The summed E-state index contributed by atoms with van der Waals surface area (Å²) in [7, 11) is 0. The summed E-state index contributed by atoms with van der Waals surface area (Å²) in [5.41, 5.74) is 4.91. The molecule has 0 aliphatic heterocycles. The number of rotatable bonds is 4. The van der Waals surface area contributed by atoms with Crippen LogP contribution in [0.5, 0.6) is 0 Å². The lowest BCUT2D eigenvalue weighted by atomic mass is 10.1. The highest BCUT2D eigenvalue weighted by Gasteiger charge is 2.19. The van der Waals surface area contributed by atoms with E-state index in [2.05, 4.69) is 20.5 Å². The number of carbonyl (C=O) groups excluding carboxylic acids is 1. The summed E-state index contributed by atoms with van der Waals surface area (Å²) in [6, 6.07) is 11.9.